The van der Waals surface area contributed by atoms with Crippen molar-refractivity contribution in [3.63, 3.8) is 0 Å². The maximum absolute atomic E-state index is 13.7. The molecule has 0 saturated heterocycles. The predicted molar refractivity (Wildman–Crippen MR) is 110 cm³/mol. The minimum absolute atomic E-state index is 0.296. The first-order valence-corrected chi connectivity index (χ1v) is 10.5. The third kappa shape index (κ3) is 4.18. The highest BCUT2D eigenvalue weighted by Crippen LogP contribution is 2.35. The summed E-state index contributed by atoms with van der Waals surface area (Å²) in [6, 6.07) is 10.1. The van der Waals surface area contributed by atoms with E-state index in [9.17, 15) is 8.78 Å². The van der Waals surface area contributed by atoms with E-state index in [1.807, 2.05) is 24.3 Å². The summed E-state index contributed by atoms with van der Waals surface area (Å²) in [5.74, 6) is -0.926. The van der Waals surface area contributed by atoms with Crippen molar-refractivity contribution < 1.29 is 13.5 Å². The average Bonchev–Trinajstić information content (AvgIpc) is 3.46. The summed E-state index contributed by atoms with van der Waals surface area (Å²) >= 11 is 0. The van der Waals surface area contributed by atoms with E-state index in [-0.39, 0.29) is 6.23 Å². The van der Waals surface area contributed by atoms with Gasteiger partial charge < -0.3 is 4.74 Å². The Bertz CT molecular complexity index is 1110. The van der Waals surface area contributed by atoms with Gasteiger partial charge in [0.15, 0.2) is 17.9 Å². The number of aromatic nitrogens is 6. The molecule has 1 fully saturated rings. The van der Waals surface area contributed by atoms with E-state index in [2.05, 4.69) is 25.7 Å². The van der Waals surface area contributed by atoms with Crippen LogP contribution in [0.5, 0.6) is 0 Å². The second-order valence-corrected chi connectivity index (χ2v) is 7.97. The Labute approximate surface area is 177 Å². The van der Waals surface area contributed by atoms with Crippen LogP contribution in [0, 0.1) is 17.6 Å². The Morgan fingerprint density at radius 2 is 1.84 bits per heavy atom. The fraction of sp³-hybridized carbons (Fsp3) is 0.364. The second kappa shape index (κ2) is 8.50. The first-order chi connectivity index (χ1) is 15.2. The number of benzene rings is 2. The van der Waals surface area contributed by atoms with Crippen LogP contribution in [-0.2, 0) is 11.3 Å². The van der Waals surface area contributed by atoms with Crippen molar-refractivity contribution in [3.8, 4) is 11.4 Å². The Morgan fingerprint density at radius 1 is 1.06 bits per heavy atom. The van der Waals surface area contributed by atoms with Crippen LogP contribution in [0.4, 0.5) is 8.78 Å². The molecule has 5 rings (SSSR count). The number of hydrogen-bond acceptors (Lipinski definition) is 5. The number of nitrogens with zero attached hydrogens (tertiary/aromatic N) is 5. The lowest BCUT2D eigenvalue weighted by molar-refractivity contribution is -0.0667. The number of fused-ring (bicyclic) bond motifs is 1. The van der Waals surface area contributed by atoms with Crippen molar-refractivity contribution in [2.45, 2.75) is 44.9 Å². The Hall–Kier alpha value is -3.20. The Balaban J connectivity index is 1.38. The number of hydrogen-bond donors (Lipinski definition) is 1. The highest BCUT2D eigenvalue weighted by Gasteiger charge is 2.27. The van der Waals surface area contributed by atoms with E-state index < -0.39 is 11.6 Å². The largest absolute Gasteiger partial charge is 0.352 e. The number of tetrazole rings is 1. The van der Waals surface area contributed by atoms with Crippen LogP contribution in [0.1, 0.15) is 43.9 Å². The van der Waals surface area contributed by atoms with Gasteiger partial charge >= 0.3 is 0 Å². The van der Waals surface area contributed by atoms with Crippen LogP contribution < -0.4 is 0 Å². The maximum atomic E-state index is 13.7. The summed E-state index contributed by atoms with van der Waals surface area (Å²) in [5.41, 5.74) is 2.29. The molecule has 2 aromatic heterocycles. The molecule has 1 saturated carbocycles. The molecule has 31 heavy (non-hydrogen) atoms. The van der Waals surface area contributed by atoms with Gasteiger partial charge in [-0.1, -0.05) is 43.5 Å². The lowest BCUT2D eigenvalue weighted by atomic mass is 9.88. The minimum atomic E-state index is -0.894. The van der Waals surface area contributed by atoms with Crippen molar-refractivity contribution in [1.29, 1.82) is 0 Å². The zero-order valence-corrected chi connectivity index (χ0v) is 16.8. The molecule has 1 N–H and O–H groups in total. The SMILES string of the molecule is Fc1cc2cn(C(OCc3ccc(-c4nn[nH]n4)cc3)C3CCCCC3)nc2cc1F. The van der Waals surface area contributed by atoms with Gasteiger partial charge in [0.05, 0.1) is 12.1 Å². The number of halogens is 2. The van der Waals surface area contributed by atoms with E-state index >= 15 is 0 Å². The molecule has 4 aromatic rings. The normalized spacial score (nSPS) is 16.1. The molecule has 7 nitrogen and oxygen atoms in total. The summed E-state index contributed by atoms with van der Waals surface area (Å²) in [6.45, 7) is 0.395. The Morgan fingerprint density at radius 3 is 2.58 bits per heavy atom. The predicted octanol–water partition coefficient (Wildman–Crippen LogP) is 4.79. The van der Waals surface area contributed by atoms with Crippen molar-refractivity contribution >= 4 is 10.9 Å². The summed E-state index contributed by atoms with van der Waals surface area (Å²) in [4.78, 5) is 0. The van der Waals surface area contributed by atoms with Crippen LogP contribution in [0.2, 0.25) is 0 Å². The minimum Gasteiger partial charge on any atom is -0.352 e. The van der Waals surface area contributed by atoms with Crippen LogP contribution in [-0.4, -0.2) is 30.4 Å². The maximum Gasteiger partial charge on any atom is 0.204 e. The molecular weight excluding hydrogens is 402 g/mol. The van der Waals surface area contributed by atoms with E-state index in [1.54, 1.807) is 10.9 Å². The van der Waals surface area contributed by atoms with Crippen LogP contribution >= 0.6 is 0 Å². The molecule has 0 amide bonds. The highest BCUT2D eigenvalue weighted by molar-refractivity contribution is 5.78. The van der Waals surface area contributed by atoms with Gasteiger partial charge in [-0.15, -0.1) is 10.2 Å². The standard InChI is InChI=1S/C22H22F2N6O/c23-18-10-17-12-30(27-20(17)11-19(18)24)22(16-4-2-1-3-5-16)31-13-14-6-8-15(9-7-14)21-25-28-29-26-21/h6-12,16,22H,1-5,13H2,(H,25,26,28,29). The first-order valence-electron chi connectivity index (χ1n) is 10.5. The zero-order valence-electron chi connectivity index (χ0n) is 16.8. The third-order valence-corrected chi connectivity index (χ3v) is 5.86. The van der Waals surface area contributed by atoms with Gasteiger partial charge in [0.2, 0.25) is 5.82 Å². The molecule has 160 valence electrons. The smallest absolute Gasteiger partial charge is 0.204 e. The van der Waals surface area contributed by atoms with Crippen LogP contribution in [0.25, 0.3) is 22.3 Å². The van der Waals surface area contributed by atoms with Crippen molar-refractivity contribution in [1.82, 2.24) is 30.4 Å². The zero-order chi connectivity index (χ0) is 21.2. The lowest BCUT2D eigenvalue weighted by Crippen LogP contribution is -2.25. The Kier molecular flexibility index (Phi) is 5.42. The molecule has 1 unspecified atom stereocenters. The van der Waals surface area contributed by atoms with E-state index in [4.69, 9.17) is 4.74 Å². The summed E-state index contributed by atoms with van der Waals surface area (Å²) in [6.07, 6.45) is 7.05. The molecular formula is C22H22F2N6O. The number of rotatable bonds is 6. The molecule has 1 aliphatic rings. The summed E-state index contributed by atoms with van der Waals surface area (Å²) < 4.78 is 35.4. The molecule has 2 aromatic carbocycles. The van der Waals surface area contributed by atoms with Crippen molar-refractivity contribution in [2.75, 3.05) is 0 Å². The molecule has 1 atom stereocenters. The quantitative estimate of drug-likeness (QED) is 0.481. The van der Waals surface area contributed by atoms with E-state index in [0.717, 1.165) is 42.9 Å². The van der Waals surface area contributed by atoms with Gasteiger partial charge in [0.1, 0.15) is 0 Å². The van der Waals surface area contributed by atoms with Crippen molar-refractivity contribution in [3.05, 3.63) is 59.8 Å². The second-order valence-electron chi connectivity index (χ2n) is 7.97. The molecule has 2 heterocycles. The average molecular weight is 424 g/mol. The van der Waals surface area contributed by atoms with Crippen LogP contribution in [0.3, 0.4) is 0 Å². The number of ether oxygens (including phenoxy) is 1. The first kappa shape index (κ1) is 19.7. The molecule has 0 radical (unpaired) electrons. The monoisotopic (exact) mass is 424 g/mol. The molecule has 1 aliphatic carbocycles. The topological polar surface area (TPSA) is 81.5 Å². The number of aromatic amines is 1. The molecule has 0 spiro atoms. The highest BCUT2D eigenvalue weighted by atomic mass is 19.2. The fourth-order valence-electron chi connectivity index (χ4n) is 4.23. The van der Waals surface area contributed by atoms with Crippen LogP contribution in [0.15, 0.2) is 42.6 Å². The van der Waals surface area contributed by atoms with Gasteiger partial charge in [-0.05, 0) is 29.7 Å². The van der Waals surface area contributed by atoms with Gasteiger partial charge in [-0.3, -0.25) is 0 Å². The fourth-order valence-corrected chi connectivity index (χ4v) is 4.23. The molecule has 0 bridgehead atoms. The summed E-state index contributed by atoms with van der Waals surface area (Å²) in [7, 11) is 0. The molecule has 0 aliphatic heterocycles. The van der Waals surface area contributed by atoms with Gasteiger partial charge in [-0.2, -0.15) is 10.3 Å². The van der Waals surface area contributed by atoms with Gasteiger partial charge in [0.25, 0.3) is 0 Å². The lowest BCUT2D eigenvalue weighted by Gasteiger charge is -2.30. The summed E-state index contributed by atoms with van der Waals surface area (Å²) in [5, 5.41) is 19.1. The van der Waals surface area contributed by atoms with Gasteiger partial charge in [-0.25, -0.2) is 13.5 Å². The van der Waals surface area contributed by atoms with E-state index in [0.29, 0.717) is 29.3 Å². The van der Waals surface area contributed by atoms with Gasteiger partial charge in [0, 0.05) is 29.1 Å². The number of nitrogens with one attached hydrogen (secondary N) is 1. The number of H-pyrrole nitrogens is 1. The third-order valence-electron chi connectivity index (χ3n) is 5.86. The van der Waals surface area contributed by atoms with Crippen molar-refractivity contribution in [2.24, 2.45) is 5.92 Å². The molecule has 9 heteroatoms. The van der Waals surface area contributed by atoms with E-state index in [1.165, 1.54) is 12.5 Å².